The Kier molecular flexibility index (Phi) is 14.9. The molecule has 2 atom stereocenters. The topological polar surface area (TPSA) is 98.7 Å². The van der Waals surface area contributed by atoms with Crippen molar-refractivity contribution in [2.45, 2.75) is 40.3 Å². The normalized spacial score (nSPS) is 11.7. The fourth-order valence-electron chi connectivity index (χ4n) is 0.503. The third-order valence-corrected chi connectivity index (χ3v) is 1.24. The Balaban J connectivity index is -0.000000256. The molecule has 0 aliphatic rings. The Labute approximate surface area is 129 Å². The fraction of sp³-hybridized carbons (Fsp3) is 0.500. The largest absolute Gasteiger partial charge is 2.00 e. The zero-order chi connectivity index (χ0) is 14.9. The van der Waals surface area contributed by atoms with Crippen LogP contribution < -0.4 is 10.2 Å². The summed E-state index contributed by atoms with van der Waals surface area (Å²) in [5.41, 5.74) is 0.496. The zero-order valence-corrected chi connectivity index (χ0v) is 13.1. The van der Waals surface area contributed by atoms with Gasteiger partial charge in [-0.2, -0.15) is 0 Å². The zero-order valence-electron chi connectivity index (χ0n) is 11.7. The Morgan fingerprint density at radius 1 is 0.895 bits per heavy atom. The summed E-state index contributed by atoms with van der Waals surface area (Å²) in [5.74, 6) is -1.25. The van der Waals surface area contributed by atoms with Gasteiger partial charge in [0.05, 0.1) is 0 Å². The Bertz CT molecular complexity index is 290. The summed E-state index contributed by atoms with van der Waals surface area (Å²) < 4.78 is 8.44. The van der Waals surface area contributed by atoms with E-state index in [-0.39, 0.29) is 34.2 Å². The van der Waals surface area contributed by atoms with Gasteiger partial charge in [-0.25, -0.2) is 9.59 Å². The molecule has 0 rings (SSSR count). The summed E-state index contributed by atoms with van der Waals surface area (Å²) >= 11 is 0. The van der Waals surface area contributed by atoms with Crippen molar-refractivity contribution < 1.29 is 29.3 Å². The molecule has 0 heterocycles. The average molecular weight is 283 g/mol. The molecule has 6 nitrogen and oxygen atoms in total. The molecule has 2 unspecified atom stereocenters. The van der Waals surface area contributed by atoms with E-state index in [1.54, 1.807) is 0 Å². The second-order valence-electron chi connectivity index (χ2n) is 3.51. The van der Waals surface area contributed by atoms with Crippen molar-refractivity contribution in [3.05, 3.63) is 24.3 Å². The molecule has 0 aromatic heterocycles. The summed E-state index contributed by atoms with van der Waals surface area (Å²) in [4.78, 5) is 20.9. The van der Waals surface area contributed by atoms with E-state index in [9.17, 15) is 19.8 Å². The molecule has 0 bridgehead atoms. The molecule has 0 saturated heterocycles. The minimum absolute atomic E-state index is 0. The van der Waals surface area contributed by atoms with E-state index in [2.05, 4.69) is 22.6 Å². The number of carbonyl (C=O) groups is 2. The molecule has 0 aliphatic heterocycles. The van der Waals surface area contributed by atoms with Crippen molar-refractivity contribution >= 4 is 35.0 Å². The van der Waals surface area contributed by atoms with Gasteiger partial charge in [0.1, 0.15) is 0 Å². The molecule has 0 aliphatic carbocycles. The van der Waals surface area contributed by atoms with Gasteiger partial charge in [-0.15, -0.1) is 0 Å². The molecule has 19 heavy (non-hydrogen) atoms. The first-order chi connectivity index (χ1) is 8.07. The second kappa shape index (κ2) is 12.2. The Morgan fingerprint density at radius 2 is 1.11 bits per heavy atom. The van der Waals surface area contributed by atoms with E-state index in [4.69, 9.17) is 0 Å². The van der Waals surface area contributed by atoms with Crippen LogP contribution in [0, 0.1) is 0 Å². The first kappa shape index (κ1) is 23.2. The van der Waals surface area contributed by atoms with Crippen molar-refractivity contribution in [3.8, 4) is 0 Å². The van der Waals surface area contributed by atoms with Gasteiger partial charge in [0.15, 0.2) is 0 Å². The number of hydrogen-bond donors (Lipinski definition) is 0. The Hall–Kier alpha value is -0.894. The number of rotatable bonds is 4. The minimum atomic E-state index is -1.30. The van der Waals surface area contributed by atoms with Crippen molar-refractivity contribution in [1.82, 2.24) is 0 Å². The standard InChI is InChI=1S/2C6H9O3.Mg/c2*1-4(2)6(8)9-5(3)7;/h2*5H,1H2,2-3H3;/q2*-1;+2. The molecular formula is C12H18MgO6. The maximum absolute atomic E-state index is 10.4. The van der Waals surface area contributed by atoms with E-state index >= 15 is 0 Å². The number of ether oxygens (including phenoxy) is 2. The monoisotopic (exact) mass is 282 g/mol. The van der Waals surface area contributed by atoms with Gasteiger partial charge in [-0.1, -0.05) is 13.2 Å². The molecular weight excluding hydrogens is 264 g/mol. The maximum atomic E-state index is 10.4. The van der Waals surface area contributed by atoms with Crippen molar-refractivity contribution in [1.29, 1.82) is 0 Å². The first-order valence-corrected chi connectivity index (χ1v) is 5.12. The summed E-state index contributed by atoms with van der Waals surface area (Å²) in [7, 11) is 0. The summed E-state index contributed by atoms with van der Waals surface area (Å²) in [6.07, 6.45) is -2.59. The number of hydrogen-bond acceptors (Lipinski definition) is 6. The van der Waals surface area contributed by atoms with Gasteiger partial charge >= 0.3 is 35.0 Å². The van der Waals surface area contributed by atoms with Crippen molar-refractivity contribution in [2.75, 3.05) is 0 Å². The van der Waals surface area contributed by atoms with Crippen LogP contribution in [0.1, 0.15) is 27.7 Å². The average Bonchev–Trinajstić information content (AvgIpc) is 2.16. The molecule has 0 N–H and O–H groups in total. The summed E-state index contributed by atoms with van der Waals surface area (Å²) in [6, 6.07) is 0. The molecule has 0 aromatic rings. The van der Waals surface area contributed by atoms with Crippen LogP contribution in [0.5, 0.6) is 0 Å². The van der Waals surface area contributed by atoms with Crippen LogP contribution >= 0.6 is 0 Å². The molecule has 0 fully saturated rings. The predicted octanol–water partition coefficient (Wildman–Crippen LogP) is -0.757. The van der Waals surface area contributed by atoms with Crippen LogP contribution in [0.4, 0.5) is 0 Å². The third kappa shape index (κ3) is 17.1. The smallest absolute Gasteiger partial charge is 0.822 e. The third-order valence-electron chi connectivity index (χ3n) is 1.24. The van der Waals surface area contributed by atoms with Crippen LogP contribution in [0.3, 0.4) is 0 Å². The quantitative estimate of drug-likeness (QED) is 0.291. The molecule has 0 amide bonds. The van der Waals surface area contributed by atoms with Crippen LogP contribution in [0.15, 0.2) is 24.3 Å². The molecule has 0 radical (unpaired) electrons. The van der Waals surface area contributed by atoms with Crippen molar-refractivity contribution in [3.63, 3.8) is 0 Å². The van der Waals surface area contributed by atoms with Crippen LogP contribution in [-0.4, -0.2) is 47.6 Å². The summed E-state index contributed by atoms with van der Waals surface area (Å²) in [6.45, 7) is 12.1. The van der Waals surface area contributed by atoms with Crippen LogP contribution in [0.2, 0.25) is 0 Å². The predicted molar refractivity (Wildman–Crippen MR) is 66.5 cm³/mol. The number of esters is 2. The molecule has 104 valence electrons. The van der Waals surface area contributed by atoms with Gasteiger partial charge in [-0.05, 0) is 27.7 Å². The minimum Gasteiger partial charge on any atom is -0.822 e. The van der Waals surface area contributed by atoms with Crippen molar-refractivity contribution in [2.24, 2.45) is 0 Å². The van der Waals surface area contributed by atoms with Gasteiger partial charge in [0.2, 0.25) is 0 Å². The fourth-order valence-corrected chi connectivity index (χ4v) is 0.503. The van der Waals surface area contributed by atoms with Gasteiger partial charge < -0.3 is 19.7 Å². The van der Waals surface area contributed by atoms with E-state index in [1.165, 1.54) is 27.7 Å². The SMILES string of the molecule is C=C(C)C(=O)OC(C)[O-].C=C(C)C(=O)OC(C)[O-].[Mg+2]. The van der Waals surface area contributed by atoms with E-state index in [0.717, 1.165) is 0 Å². The van der Waals surface area contributed by atoms with Gasteiger partial charge in [0, 0.05) is 23.7 Å². The molecule has 0 aromatic carbocycles. The van der Waals surface area contributed by atoms with E-state index < -0.39 is 24.5 Å². The van der Waals surface area contributed by atoms with Crippen LogP contribution in [0.25, 0.3) is 0 Å². The molecule has 0 spiro atoms. The maximum Gasteiger partial charge on any atom is 2.00 e. The van der Waals surface area contributed by atoms with Crippen LogP contribution in [-0.2, 0) is 19.1 Å². The first-order valence-electron chi connectivity index (χ1n) is 5.12. The van der Waals surface area contributed by atoms with E-state index in [1.807, 2.05) is 0 Å². The molecule has 0 saturated carbocycles. The summed E-state index contributed by atoms with van der Waals surface area (Å²) in [5, 5.41) is 20.3. The molecule has 7 heteroatoms. The van der Waals surface area contributed by atoms with Gasteiger partial charge in [0.25, 0.3) is 0 Å². The number of carbonyl (C=O) groups excluding carboxylic acids is 2. The Morgan fingerprint density at radius 3 is 1.16 bits per heavy atom. The second-order valence-corrected chi connectivity index (χ2v) is 3.51. The van der Waals surface area contributed by atoms with E-state index in [0.29, 0.717) is 0 Å². The van der Waals surface area contributed by atoms with Gasteiger partial charge in [-0.3, -0.25) is 0 Å².